The van der Waals surface area contributed by atoms with Crippen LogP contribution in [0.25, 0.3) is 0 Å². The lowest BCUT2D eigenvalue weighted by atomic mass is 9.65. The second-order valence-corrected chi connectivity index (χ2v) is 7.99. The van der Waals surface area contributed by atoms with Gasteiger partial charge in [-0.1, -0.05) is 12.8 Å². The highest BCUT2D eigenvalue weighted by Crippen LogP contribution is 2.45. The van der Waals surface area contributed by atoms with Crippen molar-refractivity contribution in [3.05, 3.63) is 0 Å². The van der Waals surface area contributed by atoms with E-state index in [1.807, 2.05) is 0 Å². The summed E-state index contributed by atoms with van der Waals surface area (Å²) in [4.78, 5) is 12.6. The average molecular weight is 313 g/mol. The Hall–Kier alpha value is -0.280. The molecule has 0 spiro atoms. The van der Waals surface area contributed by atoms with Gasteiger partial charge in [-0.2, -0.15) is 0 Å². The summed E-state index contributed by atoms with van der Waals surface area (Å²) in [5.74, 6) is 3.52. The second-order valence-electron chi connectivity index (χ2n) is 7.99. The summed E-state index contributed by atoms with van der Waals surface area (Å²) in [6.07, 6.45) is 11.3. The van der Waals surface area contributed by atoms with Gasteiger partial charge in [-0.3, -0.25) is 4.79 Å². The summed E-state index contributed by atoms with van der Waals surface area (Å²) in [6.45, 7) is 0. The molecule has 0 heterocycles. The average Bonchev–Trinajstić information content (AvgIpc) is 3.00. The van der Waals surface area contributed by atoms with E-state index in [4.69, 9.17) is 5.73 Å². The van der Waals surface area contributed by atoms with Crippen LogP contribution in [0.1, 0.15) is 57.8 Å². The number of hydrogen-bond donors (Lipinski definition) is 2. The highest BCUT2D eigenvalue weighted by molar-refractivity contribution is 5.85. The fourth-order valence-electron chi connectivity index (χ4n) is 5.73. The van der Waals surface area contributed by atoms with Crippen molar-refractivity contribution in [2.45, 2.75) is 69.9 Å². The van der Waals surface area contributed by atoms with E-state index in [0.717, 1.165) is 24.7 Å². The zero-order valence-corrected chi connectivity index (χ0v) is 13.6. The molecule has 4 fully saturated rings. The lowest BCUT2D eigenvalue weighted by Gasteiger charge is -2.43. The number of hydrogen-bond acceptors (Lipinski definition) is 2. The Balaban J connectivity index is 0.00000132. The fourth-order valence-corrected chi connectivity index (χ4v) is 5.73. The standard InChI is InChI=1S/C17H28N2O.ClH/c18-16-12-2-1-3-13(16)9-14(8-12)17(20)19-15-7-10-4-5-11(15)6-10;/h10-16H,1-9,18H2,(H,19,20);1H. The van der Waals surface area contributed by atoms with Crippen LogP contribution in [0.4, 0.5) is 0 Å². The van der Waals surface area contributed by atoms with E-state index in [9.17, 15) is 4.79 Å². The number of carbonyl (C=O) groups is 1. The topological polar surface area (TPSA) is 55.1 Å². The third-order valence-corrected chi connectivity index (χ3v) is 6.85. The first-order valence-electron chi connectivity index (χ1n) is 8.76. The number of nitrogens with one attached hydrogen (secondary N) is 1. The van der Waals surface area contributed by atoms with Crippen LogP contribution in [0.2, 0.25) is 0 Å². The lowest BCUT2D eigenvalue weighted by Crippen LogP contribution is -2.50. The molecule has 0 saturated heterocycles. The van der Waals surface area contributed by atoms with Crippen LogP contribution in [-0.4, -0.2) is 18.0 Å². The summed E-state index contributed by atoms with van der Waals surface area (Å²) >= 11 is 0. The molecule has 4 bridgehead atoms. The van der Waals surface area contributed by atoms with Gasteiger partial charge in [0, 0.05) is 18.0 Å². The van der Waals surface area contributed by atoms with Crippen LogP contribution < -0.4 is 11.1 Å². The summed E-state index contributed by atoms with van der Waals surface area (Å²) in [5.41, 5.74) is 6.33. The van der Waals surface area contributed by atoms with E-state index in [2.05, 4.69) is 5.32 Å². The first-order chi connectivity index (χ1) is 9.70. The molecule has 3 N–H and O–H groups in total. The molecule has 0 aliphatic heterocycles. The molecule has 4 rings (SSSR count). The molecule has 3 nitrogen and oxygen atoms in total. The van der Waals surface area contributed by atoms with Crippen LogP contribution in [0.3, 0.4) is 0 Å². The number of amides is 1. The van der Waals surface area contributed by atoms with Crippen molar-refractivity contribution in [2.24, 2.45) is 35.3 Å². The first-order valence-corrected chi connectivity index (χ1v) is 8.76. The minimum Gasteiger partial charge on any atom is -0.353 e. The minimum atomic E-state index is 0. The summed E-state index contributed by atoms with van der Waals surface area (Å²) in [6, 6.07) is 0.868. The van der Waals surface area contributed by atoms with Crippen LogP contribution in [0.5, 0.6) is 0 Å². The highest BCUT2D eigenvalue weighted by Gasteiger charge is 2.43. The maximum Gasteiger partial charge on any atom is 0.223 e. The van der Waals surface area contributed by atoms with Crippen molar-refractivity contribution in [1.82, 2.24) is 5.32 Å². The molecule has 0 aromatic heterocycles. The van der Waals surface area contributed by atoms with Gasteiger partial charge in [-0.05, 0) is 68.6 Å². The highest BCUT2D eigenvalue weighted by atomic mass is 35.5. The summed E-state index contributed by atoms with van der Waals surface area (Å²) < 4.78 is 0. The lowest BCUT2D eigenvalue weighted by molar-refractivity contribution is -0.129. The maximum absolute atomic E-state index is 12.6. The summed E-state index contributed by atoms with van der Waals surface area (Å²) in [5, 5.41) is 3.40. The van der Waals surface area contributed by atoms with E-state index >= 15 is 0 Å². The van der Waals surface area contributed by atoms with E-state index < -0.39 is 0 Å². The van der Waals surface area contributed by atoms with Crippen molar-refractivity contribution in [2.75, 3.05) is 0 Å². The predicted octanol–water partition coefficient (Wildman–Crippen LogP) is 2.87. The molecule has 1 amide bonds. The zero-order valence-electron chi connectivity index (χ0n) is 12.8. The Morgan fingerprint density at radius 3 is 2.19 bits per heavy atom. The monoisotopic (exact) mass is 312 g/mol. The Morgan fingerprint density at radius 1 is 0.905 bits per heavy atom. The van der Waals surface area contributed by atoms with E-state index in [1.54, 1.807) is 0 Å². The molecule has 4 aliphatic rings. The van der Waals surface area contributed by atoms with Gasteiger partial charge in [-0.15, -0.1) is 12.4 Å². The van der Waals surface area contributed by atoms with Crippen molar-refractivity contribution < 1.29 is 4.79 Å². The number of fused-ring (bicyclic) bond motifs is 4. The Bertz CT molecular complexity index is 388. The molecule has 120 valence electrons. The van der Waals surface area contributed by atoms with Crippen molar-refractivity contribution in [1.29, 1.82) is 0 Å². The smallest absolute Gasteiger partial charge is 0.223 e. The Labute approximate surface area is 134 Å². The third kappa shape index (κ3) is 2.84. The predicted molar refractivity (Wildman–Crippen MR) is 86.2 cm³/mol. The van der Waals surface area contributed by atoms with Crippen LogP contribution in [0.15, 0.2) is 0 Å². The molecule has 4 heteroatoms. The van der Waals surface area contributed by atoms with Crippen molar-refractivity contribution in [3.8, 4) is 0 Å². The molecular weight excluding hydrogens is 284 g/mol. The quantitative estimate of drug-likeness (QED) is 0.824. The Morgan fingerprint density at radius 2 is 1.62 bits per heavy atom. The fraction of sp³-hybridized carbons (Fsp3) is 0.941. The third-order valence-electron chi connectivity index (χ3n) is 6.85. The summed E-state index contributed by atoms with van der Waals surface area (Å²) in [7, 11) is 0. The van der Waals surface area contributed by atoms with Gasteiger partial charge in [0.2, 0.25) is 5.91 Å². The first kappa shape index (κ1) is 15.6. The molecule has 4 aliphatic carbocycles. The van der Waals surface area contributed by atoms with Gasteiger partial charge < -0.3 is 11.1 Å². The minimum absolute atomic E-state index is 0. The second kappa shape index (κ2) is 6.08. The number of nitrogens with two attached hydrogens (primary N) is 1. The van der Waals surface area contributed by atoms with Crippen molar-refractivity contribution in [3.63, 3.8) is 0 Å². The van der Waals surface area contributed by atoms with Gasteiger partial charge in [-0.25, -0.2) is 0 Å². The van der Waals surface area contributed by atoms with E-state index in [0.29, 0.717) is 29.8 Å². The molecule has 0 aromatic carbocycles. The molecule has 4 saturated carbocycles. The molecule has 0 aromatic rings. The maximum atomic E-state index is 12.6. The normalized spacial score (nSPS) is 47.8. The van der Waals surface area contributed by atoms with Gasteiger partial charge in [0.25, 0.3) is 0 Å². The van der Waals surface area contributed by atoms with Crippen LogP contribution in [-0.2, 0) is 4.79 Å². The van der Waals surface area contributed by atoms with Gasteiger partial charge in [0.1, 0.15) is 0 Å². The Kier molecular flexibility index (Phi) is 4.52. The zero-order chi connectivity index (χ0) is 13.7. The van der Waals surface area contributed by atoms with E-state index in [-0.39, 0.29) is 18.3 Å². The largest absolute Gasteiger partial charge is 0.353 e. The van der Waals surface area contributed by atoms with Gasteiger partial charge >= 0.3 is 0 Å². The molecule has 0 radical (unpaired) electrons. The van der Waals surface area contributed by atoms with Crippen LogP contribution >= 0.6 is 12.4 Å². The molecular formula is C17H29ClN2O. The number of halogens is 1. The van der Waals surface area contributed by atoms with Gasteiger partial charge in [0.05, 0.1) is 0 Å². The number of rotatable bonds is 2. The molecule has 5 unspecified atom stereocenters. The van der Waals surface area contributed by atoms with Gasteiger partial charge in [0.15, 0.2) is 0 Å². The molecule has 5 atom stereocenters. The van der Waals surface area contributed by atoms with Crippen LogP contribution in [0, 0.1) is 29.6 Å². The van der Waals surface area contributed by atoms with Crippen molar-refractivity contribution >= 4 is 18.3 Å². The van der Waals surface area contributed by atoms with E-state index in [1.165, 1.54) is 44.9 Å². The number of carbonyl (C=O) groups excluding carboxylic acids is 1. The SMILES string of the molecule is Cl.NC1C2CCCC1CC(C(=O)NC1CC3CCC1C3)C2. The molecule has 21 heavy (non-hydrogen) atoms.